The van der Waals surface area contributed by atoms with Crippen molar-refractivity contribution in [3.05, 3.63) is 63.2 Å². The Morgan fingerprint density at radius 1 is 1.36 bits per heavy atom. The van der Waals surface area contributed by atoms with E-state index in [1.54, 1.807) is 11.8 Å². The van der Waals surface area contributed by atoms with E-state index in [2.05, 4.69) is 0 Å². The number of halogens is 1. The van der Waals surface area contributed by atoms with Gasteiger partial charge in [0.2, 0.25) is 0 Å². The van der Waals surface area contributed by atoms with Crippen LogP contribution in [0.4, 0.5) is 11.4 Å². The maximum atomic E-state index is 12.9. The Balaban J connectivity index is 1.84. The molecule has 2 aromatic carbocycles. The van der Waals surface area contributed by atoms with Gasteiger partial charge in [-0.15, -0.1) is 0 Å². The zero-order chi connectivity index (χ0) is 18.1. The molecule has 6 nitrogen and oxygen atoms in total. The topological polar surface area (TPSA) is 72.7 Å². The first-order chi connectivity index (χ1) is 11.9. The zero-order valence-corrected chi connectivity index (χ0v) is 14.6. The van der Waals surface area contributed by atoms with Crippen LogP contribution in [0, 0.1) is 10.1 Å². The SMILES string of the molecule is C[C@@H]1Cc2ccccc2N1C(=O)[C@@H](C)Oc1ccc(Cl)cc1[N+](=O)[O-]. The fourth-order valence-corrected chi connectivity index (χ4v) is 3.24. The smallest absolute Gasteiger partial charge is 0.312 e. The highest BCUT2D eigenvalue weighted by Gasteiger charge is 2.34. The highest BCUT2D eigenvalue weighted by molar-refractivity contribution is 6.30. The third-order valence-corrected chi connectivity index (χ3v) is 4.45. The van der Waals surface area contributed by atoms with Crippen LogP contribution in [0.15, 0.2) is 42.5 Å². The monoisotopic (exact) mass is 360 g/mol. The molecule has 0 saturated carbocycles. The largest absolute Gasteiger partial charge is 0.474 e. The maximum Gasteiger partial charge on any atom is 0.312 e. The molecule has 0 spiro atoms. The van der Waals surface area contributed by atoms with Gasteiger partial charge in [0, 0.05) is 22.8 Å². The lowest BCUT2D eigenvalue weighted by molar-refractivity contribution is -0.386. The van der Waals surface area contributed by atoms with E-state index in [0.29, 0.717) is 0 Å². The van der Waals surface area contributed by atoms with Crippen LogP contribution >= 0.6 is 11.6 Å². The van der Waals surface area contributed by atoms with Crippen molar-refractivity contribution in [2.75, 3.05) is 4.90 Å². The van der Waals surface area contributed by atoms with Crippen molar-refractivity contribution in [1.82, 2.24) is 0 Å². The fraction of sp³-hybridized carbons (Fsp3) is 0.278. The third kappa shape index (κ3) is 3.30. The molecule has 0 fully saturated rings. The van der Waals surface area contributed by atoms with Gasteiger partial charge in [-0.1, -0.05) is 29.8 Å². The quantitative estimate of drug-likeness (QED) is 0.610. The molecule has 1 aliphatic heterocycles. The predicted molar refractivity (Wildman–Crippen MR) is 95.3 cm³/mol. The average molecular weight is 361 g/mol. The summed E-state index contributed by atoms with van der Waals surface area (Å²) in [5.41, 5.74) is 1.70. The predicted octanol–water partition coefficient (Wildman–Crippen LogP) is 3.99. The van der Waals surface area contributed by atoms with Gasteiger partial charge in [0.25, 0.3) is 5.91 Å². The Morgan fingerprint density at radius 2 is 2.08 bits per heavy atom. The van der Waals surface area contributed by atoms with Crippen molar-refractivity contribution in [2.45, 2.75) is 32.4 Å². The van der Waals surface area contributed by atoms with Gasteiger partial charge >= 0.3 is 5.69 Å². The number of carbonyl (C=O) groups excluding carboxylic acids is 1. The molecule has 1 heterocycles. The second-order valence-electron chi connectivity index (χ2n) is 6.02. The molecule has 130 valence electrons. The van der Waals surface area contributed by atoms with Crippen LogP contribution < -0.4 is 9.64 Å². The second kappa shape index (κ2) is 6.72. The number of hydrogen-bond donors (Lipinski definition) is 0. The standard InChI is InChI=1S/C18H17ClN2O4/c1-11-9-13-5-3-4-6-15(13)20(11)18(22)12(2)25-17-8-7-14(19)10-16(17)21(23)24/h3-8,10-12H,9H2,1-2H3/t11-,12-/m1/s1. The Morgan fingerprint density at radius 3 is 2.80 bits per heavy atom. The summed E-state index contributed by atoms with van der Waals surface area (Å²) in [6, 6.07) is 11.8. The first-order valence-corrected chi connectivity index (χ1v) is 8.28. The molecule has 1 amide bonds. The Kier molecular flexibility index (Phi) is 4.63. The van der Waals surface area contributed by atoms with E-state index in [9.17, 15) is 14.9 Å². The fourth-order valence-electron chi connectivity index (χ4n) is 3.07. The number of ether oxygens (including phenoxy) is 1. The number of nitrogens with zero attached hydrogens (tertiary/aromatic N) is 2. The number of nitro groups is 1. The number of fused-ring (bicyclic) bond motifs is 1. The summed E-state index contributed by atoms with van der Waals surface area (Å²) in [5, 5.41) is 11.4. The van der Waals surface area contributed by atoms with E-state index in [-0.39, 0.29) is 28.4 Å². The van der Waals surface area contributed by atoms with Crippen LogP contribution in [0.2, 0.25) is 5.02 Å². The van der Waals surface area contributed by atoms with Crippen LogP contribution in [-0.2, 0) is 11.2 Å². The van der Waals surface area contributed by atoms with Crippen LogP contribution in [0.1, 0.15) is 19.4 Å². The van der Waals surface area contributed by atoms with Crippen molar-refractivity contribution in [3.63, 3.8) is 0 Å². The molecule has 0 N–H and O–H groups in total. The molecule has 3 rings (SSSR count). The molecule has 0 aliphatic carbocycles. The van der Waals surface area contributed by atoms with E-state index in [1.165, 1.54) is 18.2 Å². The molecule has 7 heteroatoms. The summed E-state index contributed by atoms with van der Waals surface area (Å²) in [6.07, 6.45) is -0.0936. The molecule has 0 radical (unpaired) electrons. The summed E-state index contributed by atoms with van der Waals surface area (Å²) in [6.45, 7) is 3.56. The lowest BCUT2D eigenvalue weighted by Crippen LogP contribution is -2.43. The van der Waals surface area contributed by atoms with Gasteiger partial charge in [-0.05, 0) is 44.0 Å². The third-order valence-electron chi connectivity index (χ3n) is 4.21. The van der Waals surface area contributed by atoms with Gasteiger partial charge in [-0.2, -0.15) is 0 Å². The Bertz CT molecular complexity index is 840. The summed E-state index contributed by atoms with van der Waals surface area (Å²) >= 11 is 5.80. The Labute approximate surface area is 150 Å². The minimum Gasteiger partial charge on any atom is -0.474 e. The number of nitro benzene ring substituents is 1. The van der Waals surface area contributed by atoms with Crippen molar-refractivity contribution in [1.29, 1.82) is 0 Å². The maximum absolute atomic E-state index is 12.9. The van der Waals surface area contributed by atoms with Crippen LogP contribution in [0.3, 0.4) is 0 Å². The Hall–Kier alpha value is -2.60. The molecule has 0 aromatic heterocycles. The normalized spacial score (nSPS) is 17.1. The second-order valence-corrected chi connectivity index (χ2v) is 6.46. The molecular formula is C18H17ClN2O4. The number of hydrogen-bond acceptors (Lipinski definition) is 4. The number of benzene rings is 2. The minimum atomic E-state index is -0.867. The van der Waals surface area contributed by atoms with Crippen LogP contribution in [-0.4, -0.2) is 23.0 Å². The zero-order valence-electron chi connectivity index (χ0n) is 13.8. The van der Waals surface area contributed by atoms with Gasteiger partial charge in [-0.3, -0.25) is 14.9 Å². The number of amides is 1. The van der Waals surface area contributed by atoms with E-state index in [1.807, 2.05) is 31.2 Å². The van der Waals surface area contributed by atoms with Gasteiger partial charge in [-0.25, -0.2) is 0 Å². The molecule has 1 aliphatic rings. The summed E-state index contributed by atoms with van der Waals surface area (Å²) < 4.78 is 5.61. The first kappa shape index (κ1) is 17.2. The van der Waals surface area contributed by atoms with Crippen molar-refractivity contribution >= 4 is 28.9 Å². The van der Waals surface area contributed by atoms with E-state index in [4.69, 9.17) is 16.3 Å². The molecule has 2 atom stereocenters. The first-order valence-electron chi connectivity index (χ1n) is 7.90. The number of para-hydroxylation sites is 1. The van der Waals surface area contributed by atoms with E-state index >= 15 is 0 Å². The molecule has 2 aromatic rings. The minimum absolute atomic E-state index is 0.0103. The van der Waals surface area contributed by atoms with Gasteiger partial charge in [0.1, 0.15) is 0 Å². The van der Waals surface area contributed by atoms with E-state index in [0.717, 1.165) is 17.7 Å². The van der Waals surface area contributed by atoms with Crippen LogP contribution in [0.5, 0.6) is 5.75 Å². The highest BCUT2D eigenvalue weighted by Crippen LogP contribution is 2.34. The van der Waals surface area contributed by atoms with Gasteiger partial charge in [0.05, 0.1) is 4.92 Å². The summed E-state index contributed by atoms with van der Waals surface area (Å²) in [7, 11) is 0. The average Bonchev–Trinajstić information content (AvgIpc) is 2.91. The number of carbonyl (C=O) groups is 1. The van der Waals surface area contributed by atoms with Gasteiger partial charge in [0.15, 0.2) is 11.9 Å². The highest BCUT2D eigenvalue weighted by atomic mass is 35.5. The van der Waals surface area contributed by atoms with Crippen molar-refractivity contribution in [2.24, 2.45) is 0 Å². The van der Waals surface area contributed by atoms with E-state index < -0.39 is 11.0 Å². The lowest BCUT2D eigenvalue weighted by atomic mass is 10.1. The summed E-state index contributed by atoms with van der Waals surface area (Å²) in [4.78, 5) is 25.2. The molecule has 0 bridgehead atoms. The summed E-state index contributed by atoms with van der Waals surface area (Å²) in [5.74, 6) is -0.211. The number of rotatable bonds is 4. The molecule has 0 saturated heterocycles. The van der Waals surface area contributed by atoms with Crippen LogP contribution in [0.25, 0.3) is 0 Å². The molecule has 0 unspecified atom stereocenters. The molecular weight excluding hydrogens is 344 g/mol. The molecule has 25 heavy (non-hydrogen) atoms. The van der Waals surface area contributed by atoms with Crippen molar-refractivity contribution < 1.29 is 14.5 Å². The number of anilines is 1. The van der Waals surface area contributed by atoms with Gasteiger partial charge < -0.3 is 9.64 Å². The lowest BCUT2D eigenvalue weighted by Gasteiger charge is -2.26. The van der Waals surface area contributed by atoms with Crippen molar-refractivity contribution in [3.8, 4) is 5.75 Å².